The molecular weight excluding hydrogens is 519 g/mol. The maximum Gasteiger partial charge on any atom is 0.261 e. The summed E-state index contributed by atoms with van der Waals surface area (Å²) < 4.78 is 5.73. The Morgan fingerprint density at radius 3 is 2.25 bits per heavy atom. The van der Waals surface area contributed by atoms with Gasteiger partial charge in [-0.2, -0.15) is 0 Å². The van der Waals surface area contributed by atoms with Gasteiger partial charge in [-0.25, -0.2) is 0 Å². The lowest BCUT2D eigenvalue weighted by Crippen LogP contribution is -2.52. The highest BCUT2D eigenvalue weighted by Crippen LogP contribution is 2.27. The number of carbonyl (C=O) groups is 2. The summed E-state index contributed by atoms with van der Waals surface area (Å²) in [6.45, 7) is 4.42. The van der Waals surface area contributed by atoms with E-state index in [1.807, 2.05) is 56.3 Å². The Labute approximate surface area is 227 Å². The molecule has 0 spiro atoms. The standard InChI is InChI=1S/C28H29Cl3N2O3/c1-19(2)16-32-28(35)25(14-20-7-4-3-5-8-20)33(17-21-9-6-10-22(29)13-21)27(34)18-36-26-12-11-23(30)15-24(26)31/h3-13,15,19,25H,14,16-18H2,1-2H3,(H,32,35)/t25-/m1/s1. The molecule has 0 bridgehead atoms. The first-order chi connectivity index (χ1) is 17.2. The summed E-state index contributed by atoms with van der Waals surface area (Å²) in [6.07, 6.45) is 0.346. The minimum atomic E-state index is -0.762. The topological polar surface area (TPSA) is 58.6 Å². The number of nitrogens with zero attached hydrogens (tertiary/aromatic N) is 1. The van der Waals surface area contributed by atoms with E-state index in [4.69, 9.17) is 39.5 Å². The first-order valence-corrected chi connectivity index (χ1v) is 12.8. The van der Waals surface area contributed by atoms with Crippen LogP contribution in [-0.4, -0.2) is 35.9 Å². The van der Waals surface area contributed by atoms with Gasteiger partial charge in [-0.15, -0.1) is 0 Å². The first kappa shape index (κ1) is 27.9. The van der Waals surface area contributed by atoms with Gasteiger partial charge < -0.3 is 15.0 Å². The van der Waals surface area contributed by atoms with E-state index in [-0.39, 0.29) is 30.9 Å². The number of rotatable bonds is 11. The van der Waals surface area contributed by atoms with Crippen LogP contribution in [0.3, 0.4) is 0 Å². The van der Waals surface area contributed by atoms with Gasteiger partial charge in [0, 0.05) is 29.6 Å². The summed E-state index contributed by atoms with van der Waals surface area (Å²) in [5.74, 6) is 0.00820. The summed E-state index contributed by atoms with van der Waals surface area (Å²) in [5, 5.41) is 4.30. The molecule has 0 heterocycles. The summed E-state index contributed by atoms with van der Waals surface area (Å²) >= 11 is 18.4. The molecule has 0 saturated heterocycles. The van der Waals surface area contributed by atoms with Crippen LogP contribution in [0.1, 0.15) is 25.0 Å². The third kappa shape index (κ3) is 8.44. The Morgan fingerprint density at radius 2 is 1.58 bits per heavy atom. The molecule has 3 aromatic carbocycles. The van der Waals surface area contributed by atoms with E-state index < -0.39 is 6.04 Å². The van der Waals surface area contributed by atoms with Crippen LogP contribution < -0.4 is 10.1 Å². The van der Waals surface area contributed by atoms with Gasteiger partial charge in [0.1, 0.15) is 11.8 Å². The van der Waals surface area contributed by atoms with Crippen molar-refractivity contribution < 1.29 is 14.3 Å². The van der Waals surface area contributed by atoms with Gasteiger partial charge in [-0.3, -0.25) is 9.59 Å². The number of benzene rings is 3. The van der Waals surface area contributed by atoms with Crippen molar-refractivity contribution in [2.45, 2.75) is 32.9 Å². The lowest BCUT2D eigenvalue weighted by atomic mass is 10.0. The van der Waals surface area contributed by atoms with Gasteiger partial charge in [-0.05, 0) is 47.4 Å². The fraction of sp³-hybridized carbons (Fsp3) is 0.286. The van der Waals surface area contributed by atoms with Crippen molar-refractivity contribution in [2.75, 3.05) is 13.2 Å². The van der Waals surface area contributed by atoms with E-state index in [9.17, 15) is 9.59 Å². The molecule has 3 rings (SSSR count). The number of nitrogens with one attached hydrogen (secondary N) is 1. The Bertz CT molecular complexity index is 1170. The van der Waals surface area contributed by atoms with Crippen molar-refractivity contribution in [3.05, 3.63) is 99.0 Å². The monoisotopic (exact) mass is 546 g/mol. The van der Waals surface area contributed by atoms with E-state index in [0.29, 0.717) is 33.8 Å². The zero-order valence-corrected chi connectivity index (χ0v) is 22.5. The third-order valence-corrected chi connectivity index (χ3v) is 6.21. The number of hydrogen-bond acceptors (Lipinski definition) is 3. The smallest absolute Gasteiger partial charge is 0.261 e. The van der Waals surface area contributed by atoms with Crippen LogP contribution in [0.15, 0.2) is 72.8 Å². The molecule has 1 N–H and O–H groups in total. The average molecular weight is 548 g/mol. The van der Waals surface area contributed by atoms with Crippen LogP contribution >= 0.6 is 34.8 Å². The van der Waals surface area contributed by atoms with E-state index in [1.54, 1.807) is 30.3 Å². The van der Waals surface area contributed by atoms with Crippen molar-refractivity contribution in [1.82, 2.24) is 10.2 Å². The van der Waals surface area contributed by atoms with Gasteiger partial charge in [0.05, 0.1) is 5.02 Å². The molecule has 0 aliphatic rings. The van der Waals surface area contributed by atoms with Gasteiger partial charge in [0.15, 0.2) is 6.61 Å². The Hall–Kier alpha value is -2.73. The Kier molecular flexibility index (Phi) is 10.5. The molecule has 2 amide bonds. The maximum absolute atomic E-state index is 13.6. The fourth-order valence-electron chi connectivity index (χ4n) is 3.62. The molecule has 0 fully saturated rings. The van der Waals surface area contributed by atoms with Crippen molar-refractivity contribution >= 4 is 46.6 Å². The van der Waals surface area contributed by atoms with Gasteiger partial charge in [0.2, 0.25) is 5.91 Å². The van der Waals surface area contributed by atoms with Crippen LogP contribution in [0.5, 0.6) is 5.75 Å². The molecule has 8 heteroatoms. The average Bonchev–Trinajstić information content (AvgIpc) is 2.84. The summed E-state index contributed by atoms with van der Waals surface area (Å²) in [4.78, 5) is 28.5. The molecule has 36 heavy (non-hydrogen) atoms. The van der Waals surface area contributed by atoms with Crippen molar-refractivity contribution in [3.63, 3.8) is 0 Å². The number of ether oxygens (including phenoxy) is 1. The van der Waals surface area contributed by atoms with E-state index in [0.717, 1.165) is 11.1 Å². The Balaban J connectivity index is 1.91. The summed E-state index contributed by atoms with van der Waals surface area (Å²) in [6, 6.07) is 20.9. The summed E-state index contributed by atoms with van der Waals surface area (Å²) in [7, 11) is 0. The molecule has 0 aliphatic heterocycles. The maximum atomic E-state index is 13.6. The predicted molar refractivity (Wildman–Crippen MR) is 146 cm³/mol. The van der Waals surface area contributed by atoms with Crippen LogP contribution in [0.25, 0.3) is 0 Å². The molecule has 3 aromatic rings. The Morgan fingerprint density at radius 1 is 0.889 bits per heavy atom. The van der Waals surface area contributed by atoms with Crippen LogP contribution in [0.2, 0.25) is 15.1 Å². The SMILES string of the molecule is CC(C)CNC(=O)[C@@H](Cc1ccccc1)N(Cc1cccc(Cl)c1)C(=O)COc1ccc(Cl)cc1Cl. The number of hydrogen-bond donors (Lipinski definition) is 1. The van der Waals surface area contributed by atoms with Gasteiger partial charge in [-0.1, -0.05) is 91.1 Å². The van der Waals surface area contributed by atoms with Crippen molar-refractivity contribution in [2.24, 2.45) is 5.92 Å². The third-order valence-electron chi connectivity index (χ3n) is 5.44. The summed E-state index contributed by atoms with van der Waals surface area (Å²) in [5.41, 5.74) is 1.74. The van der Waals surface area contributed by atoms with E-state index >= 15 is 0 Å². The molecule has 5 nitrogen and oxygen atoms in total. The lowest BCUT2D eigenvalue weighted by Gasteiger charge is -2.31. The van der Waals surface area contributed by atoms with Crippen molar-refractivity contribution in [3.8, 4) is 5.75 Å². The molecular formula is C28H29Cl3N2O3. The second-order valence-corrected chi connectivity index (χ2v) is 10.1. The van der Waals surface area contributed by atoms with Crippen LogP contribution in [0.4, 0.5) is 0 Å². The predicted octanol–water partition coefficient (Wildman–Crippen LogP) is 6.44. The second kappa shape index (κ2) is 13.5. The minimum Gasteiger partial charge on any atom is -0.482 e. The highest BCUT2D eigenvalue weighted by molar-refractivity contribution is 6.35. The molecule has 0 aliphatic carbocycles. The van der Waals surface area contributed by atoms with E-state index in [2.05, 4.69) is 5.32 Å². The molecule has 0 saturated carbocycles. The fourth-order valence-corrected chi connectivity index (χ4v) is 4.30. The molecule has 190 valence electrons. The highest BCUT2D eigenvalue weighted by Gasteiger charge is 2.31. The molecule has 0 aromatic heterocycles. The number of amides is 2. The number of carbonyl (C=O) groups excluding carboxylic acids is 2. The van der Waals surface area contributed by atoms with Crippen molar-refractivity contribution in [1.29, 1.82) is 0 Å². The van der Waals surface area contributed by atoms with Crippen LogP contribution in [-0.2, 0) is 22.6 Å². The molecule has 0 radical (unpaired) electrons. The quantitative estimate of drug-likeness (QED) is 0.301. The van der Waals surface area contributed by atoms with Gasteiger partial charge >= 0.3 is 0 Å². The number of halogens is 3. The zero-order chi connectivity index (χ0) is 26.1. The molecule has 0 unspecified atom stereocenters. The van der Waals surface area contributed by atoms with Crippen LogP contribution in [0, 0.1) is 5.92 Å². The minimum absolute atomic E-state index is 0.184. The lowest BCUT2D eigenvalue weighted by molar-refractivity contribution is -0.142. The van der Waals surface area contributed by atoms with E-state index in [1.165, 1.54) is 4.90 Å². The largest absolute Gasteiger partial charge is 0.482 e. The van der Waals surface area contributed by atoms with Gasteiger partial charge in [0.25, 0.3) is 5.91 Å². The first-order valence-electron chi connectivity index (χ1n) is 11.7. The second-order valence-electron chi connectivity index (χ2n) is 8.86. The molecule has 1 atom stereocenters. The zero-order valence-electron chi connectivity index (χ0n) is 20.2. The highest BCUT2D eigenvalue weighted by atomic mass is 35.5. The normalized spacial score (nSPS) is 11.7.